The van der Waals surface area contributed by atoms with Crippen LogP contribution < -0.4 is 9.80 Å². The molecule has 0 saturated carbocycles. The summed E-state index contributed by atoms with van der Waals surface area (Å²) in [4.78, 5) is 5.06. The normalized spacial score (nSPS) is 15.9. The Morgan fingerprint density at radius 1 is 0.245 bits per heavy atom. The summed E-state index contributed by atoms with van der Waals surface area (Å²) >= 11 is 0. The van der Waals surface area contributed by atoms with E-state index >= 15 is 0 Å². The molecule has 2 nitrogen and oxygen atoms in total. The van der Waals surface area contributed by atoms with E-state index in [1.165, 1.54) is 144 Å². The van der Waals surface area contributed by atoms with Crippen molar-refractivity contribution in [2.24, 2.45) is 0 Å². The smallest absolute Gasteiger partial charge is 0.0543 e. The Morgan fingerprint density at radius 3 is 1.30 bits per heavy atom. The average molecular weight is 1210 g/mol. The third-order valence-corrected chi connectivity index (χ3v) is 22.3. The van der Waals surface area contributed by atoms with E-state index in [1.54, 1.807) is 0 Å². The Hall–Kier alpha value is -10.8. The topological polar surface area (TPSA) is 6.48 Å². The van der Waals surface area contributed by atoms with Crippen LogP contribution in [0.1, 0.15) is 98.5 Å². The van der Waals surface area contributed by atoms with Crippen molar-refractivity contribution >= 4 is 55.7 Å². The van der Waals surface area contributed by atoms with E-state index in [2.05, 4.69) is 356 Å². The number of hydrogen-bond donors (Lipinski definition) is 0. The zero-order valence-corrected chi connectivity index (χ0v) is 54.4. The van der Waals surface area contributed by atoms with Gasteiger partial charge in [-0.25, -0.2) is 0 Å². The van der Waals surface area contributed by atoms with E-state index < -0.39 is 0 Å². The van der Waals surface area contributed by atoms with Crippen LogP contribution in [0.15, 0.2) is 297 Å². The number of hydrogen-bond acceptors (Lipinski definition) is 2. The quantitative estimate of drug-likeness (QED) is 0.135. The summed E-state index contributed by atoms with van der Waals surface area (Å²) in [6.07, 6.45) is 0.813. The lowest BCUT2D eigenvalue weighted by molar-refractivity contribution is 0.585. The van der Waals surface area contributed by atoms with Crippen LogP contribution in [0, 0.1) is 0 Å². The average Bonchev–Trinajstić information content (AvgIpc) is 1.58. The molecular weight excluding hydrogens is 1130 g/mol. The number of anilines is 6. The molecule has 14 aromatic carbocycles. The van der Waals surface area contributed by atoms with Gasteiger partial charge in [-0.3, -0.25) is 0 Å². The molecule has 94 heavy (non-hydrogen) atoms. The predicted molar refractivity (Wildman–Crippen MR) is 396 cm³/mol. The number of rotatable bonds is 10. The largest absolute Gasteiger partial charge is 0.310 e. The van der Waals surface area contributed by atoms with Gasteiger partial charge in [-0.15, -0.1) is 0 Å². The molecule has 0 heterocycles. The van der Waals surface area contributed by atoms with Gasteiger partial charge in [0.2, 0.25) is 0 Å². The van der Waals surface area contributed by atoms with Crippen LogP contribution in [-0.2, 0) is 28.1 Å². The highest BCUT2D eigenvalue weighted by Gasteiger charge is 2.43. The molecule has 1 unspecified atom stereocenters. The maximum Gasteiger partial charge on any atom is 0.0543 e. The van der Waals surface area contributed by atoms with Crippen LogP contribution in [-0.4, -0.2) is 0 Å². The maximum absolute atomic E-state index is 2.56. The molecule has 4 aliphatic rings. The highest BCUT2D eigenvalue weighted by molar-refractivity contribution is 6.02. The predicted octanol–water partition coefficient (Wildman–Crippen LogP) is 24.7. The van der Waals surface area contributed by atoms with Crippen LogP contribution in [0.25, 0.3) is 88.3 Å². The van der Waals surface area contributed by atoms with E-state index in [-0.39, 0.29) is 21.7 Å². The van der Waals surface area contributed by atoms with Crippen molar-refractivity contribution < 1.29 is 0 Å². The van der Waals surface area contributed by atoms with Crippen molar-refractivity contribution in [3.63, 3.8) is 0 Å². The summed E-state index contributed by atoms with van der Waals surface area (Å²) in [6.45, 7) is 16.8. The van der Waals surface area contributed by atoms with Gasteiger partial charge >= 0.3 is 0 Å². The van der Waals surface area contributed by atoms with Gasteiger partial charge in [0, 0.05) is 55.7 Å². The summed E-state index contributed by atoms with van der Waals surface area (Å²) in [7, 11) is 0. The molecule has 0 spiro atoms. The van der Waals surface area contributed by atoms with E-state index in [9.17, 15) is 0 Å². The van der Waals surface area contributed by atoms with Crippen LogP contribution in [0.4, 0.5) is 34.1 Å². The minimum Gasteiger partial charge on any atom is -0.310 e. The monoisotopic (exact) mass is 1200 g/mol. The van der Waals surface area contributed by atoms with Crippen molar-refractivity contribution in [1.82, 2.24) is 0 Å². The minimum absolute atomic E-state index is 0.0976. The fourth-order valence-corrected chi connectivity index (χ4v) is 17.6. The van der Waals surface area contributed by atoms with Crippen molar-refractivity contribution in [1.29, 1.82) is 0 Å². The van der Waals surface area contributed by atoms with E-state index in [4.69, 9.17) is 0 Å². The van der Waals surface area contributed by atoms with Crippen molar-refractivity contribution in [3.05, 3.63) is 347 Å². The summed E-state index contributed by atoms with van der Waals surface area (Å²) in [5.41, 5.74) is 33.6. The molecule has 0 bridgehead atoms. The number of nitrogens with zero attached hydrogens (tertiary/aromatic N) is 2. The number of benzene rings is 14. The first-order valence-corrected chi connectivity index (χ1v) is 33.5. The Labute approximate surface area is 552 Å². The van der Waals surface area contributed by atoms with Gasteiger partial charge in [-0.2, -0.15) is 0 Å². The zero-order chi connectivity index (χ0) is 63.4. The molecule has 0 N–H and O–H groups in total. The van der Waals surface area contributed by atoms with Gasteiger partial charge in [0.05, 0.1) is 5.69 Å². The zero-order valence-electron chi connectivity index (χ0n) is 54.4. The fourth-order valence-electron chi connectivity index (χ4n) is 17.6. The minimum atomic E-state index is -0.373. The molecule has 0 radical (unpaired) electrons. The first kappa shape index (κ1) is 56.0. The number of fused-ring (bicyclic) bond motifs is 14. The van der Waals surface area contributed by atoms with Gasteiger partial charge in [-0.05, 0) is 206 Å². The van der Waals surface area contributed by atoms with E-state index in [0.717, 1.165) is 34.9 Å². The fraction of sp³-hybridized carbons (Fsp3) is 0.130. The standard InChI is InChI=1S/C92H72N2/c1-89(2)81-40-18-14-35-74(81)78-54-64(47-51-82(78)89)93(65-45-49-75-72-33-12-16-38-79(72)90(3,4)85(75)55-65)62-28-20-27-60(52-62)70-48-44-61(69-31-10-11-32-71(69)70)57-92(7)83-41-19-15-36-77(83)88-84(92)42-23-43-87(88)94(66-46-50-76-73-34-13-17-39-80(73)91(5,6)86(76)56-66)63-29-21-26-59(53-63)68-37-22-25-58-24-8-9-30-67(58)68/h8-56H,57H2,1-7H3. The van der Waals surface area contributed by atoms with Crippen LogP contribution in [0.3, 0.4) is 0 Å². The Kier molecular flexibility index (Phi) is 12.3. The third-order valence-electron chi connectivity index (χ3n) is 22.3. The Bertz CT molecular complexity index is 5490. The molecule has 1 atom stereocenters. The molecule has 0 aromatic heterocycles. The second-order valence-electron chi connectivity index (χ2n) is 28.6. The lowest BCUT2D eigenvalue weighted by atomic mass is 9.74. The van der Waals surface area contributed by atoms with Crippen LogP contribution >= 0.6 is 0 Å². The maximum atomic E-state index is 2.56. The summed E-state index contributed by atoms with van der Waals surface area (Å²) < 4.78 is 0. The molecule has 14 aromatic rings. The highest BCUT2D eigenvalue weighted by atomic mass is 15.2. The molecule has 0 fully saturated rings. The summed E-state index contributed by atoms with van der Waals surface area (Å²) in [5, 5.41) is 5.02. The molecule has 0 aliphatic heterocycles. The first-order valence-electron chi connectivity index (χ1n) is 33.5. The van der Waals surface area contributed by atoms with Crippen molar-refractivity contribution in [2.75, 3.05) is 9.80 Å². The Balaban J connectivity index is 0.759. The highest BCUT2D eigenvalue weighted by Crippen LogP contribution is 2.59. The lowest BCUT2D eigenvalue weighted by Crippen LogP contribution is -2.24. The first-order chi connectivity index (χ1) is 45.8. The van der Waals surface area contributed by atoms with Crippen molar-refractivity contribution in [2.45, 2.75) is 76.5 Å². The summed E-state index contributed by atoms with van der Waals surface area (Å²) in [6, 6.07) is 113. The molecule has 450 valence electrons. The SMILES string of the molecule is CC1(C)c2ccccc2-c2cc(N(c3cccc(-c4ccc(CC5(C)c6ccccc6-c6c(N(c7cccc(-c8cccc9ccccc89)c7)c7ccc8c(c7)C(C)(C)c7ccccc7-8)cccc65)c5ccccc45)c3)c3ccc4c(c3)C(C)(C)c3ccccc3-4)ccc21. The van der Waals surface area contributed by atoms with Gasteiger partial charge < -0.3 is 9.80 Å². The molecule has 0 saturated heterocycles. The van der Waals surface area contributed by atoms with Crippen LogP contribution in [0.5, 0.6) is 0 Å². The Morgan fingerprint density at radius 2 is 0.649 bits per heavy atom. The van der Waals surface area contributed by atoms with E-state index in [0.29, 0.717) is 0 Å². The molecule has 18 rings (SSSR count). The second kappa shape index (κ2) is 20.6. The lowest BCUT2D eigenvalue weighted by Gasteiger charge is -2.31. The molecule has 4 aliphatic carbocycles. The third kappa shape index (κ3) is 8.21. The van der Waals surface area contributed by atoms with Crippen molar-refractivity contribution in [3.8, 4) is 66.8 Å². The van der Waals surface area contributed by atoms with Gasteiger partial charge in [0.1, 0.15) is 0 Å². The van der Waals surface area contributed by atoms with Crippen LogP contribution in [0.2, 0.25) is 0 Å². The van der Waals surface area contributed by atoms with Gasteiger partial charge in [-0.1, -0.05) is 279 Å². The molecule has 0 amide bonds. The second-order valence-corrected chi connectivity index (χ2v) is 28.6. The van der Waals surface area contributed by atoms with E-state index in [1.807, 2.05) is 0 Å². The van der Waals surface area contributed by atoms with Gasteiger partial charge in [0.25, 0.3) is 0 Å². The molecule has 2 heteroatoms. The summed E-state index contributed by atoms with van der Waals surface area (Å²) in [5.74, 6) is 0. The molecular formula is C92H72N2. The van der Waals surface area contributed by atoms with Gasteiger partial charge in [0.15, 0.2) is 0 Å².